The molecule has 6 aliphatic rings. The molecule has 156 valence electrons. The number of rotatable bonds is 4. The highest BCUT2D eigenvalue weighted by Gasteiger charge is 2.55. The summed E-state index contributed by atoms with van der Waals surface area (Å²) in [5, 5.41) is 3.62. The monoisotopic (exact) mass is 392 g/mol. The maximum atomic E-state index is 13.5. The predicted octanol–water partition coefficient (Wildman–Crippen LogP) is 4.90. The van der Waals surface area contributed by atoms with Crippen molar-refractivity contribution in [3.8, 4) is 0 Å². The van der Waals surface area contributed by atoms with Crippen LogP contribution in [0.15, 0.2) is 30.3 Å². The molecule has 2 saturated heterocycles. The summed E-state index contributed by atoms with van der Waals surface area (Å²) < 4.78 is 0. The number of nitrogens with one attached hydrogen (secondary N) is 1. The van der Waals surface area contributed by atoms with Crippen molar-refractivity contribution in [3.05, 3.63) is 35.9 Å². The first-order valence-electron chi connectivity index (χ1n) is 12.3. The van der Waals surface area contributed by atoms with Crippen LogP contribution in [0.2, 0.25) is 0 Å². The fourth-order valence-corrected chi connectivity index (χ4v) is 8.38. The fourth-order valence-electron chi connectivity index (χ4n) is 8.38. The summed E-state index contributed by atoms with van der Waals surface area (Å²) in [6.07, 6.45) is 14.1. The minimum absolute atomic E-state index is 0.00499. The molecule has 1 aromatic rings. The Morgan fingerprint density at radius 2 is 1.48 bits per heavy atom. The molecule has 2 heterocycles. The molecule has 29 heavy (non-hydrogen) atoms. The highest BCUT2D eigenvalue weighted by atomic mass is 16.2. The summed E-state index contributed by atoms with van der Waals surface area (Å²) in [5.41, 5.74) is 1.44. The molecule has 0 unspecified atom stereocenters. The predicted molar refractivity (Wildman–Crippen MR) is 115 cm³/mol. The number of nitrogens with zero attached hydrogens (tertiary/aromatic N) is 1. The number of benzene rings is 1. The smallest absolute Gasteiger partial charge is 0.226 e. The molecule has 0 radical (unpaired) electrons. The molecule has 1 N–H and O–H groups in total. The fraction of sp³-hybridized carbons (Fsp3) is 0.731. The van der Waals surface area contributed by atoms with E-state index in [-0.39, 0.29) is 5.41 Å². The minimum Gasteiger partial charge on any atom is -0.353 e. The van der Waals surface area contributed by atoms with Gasteiger partial charge in [-0.1, -0.05) is 36.8 Å². The topological polar surface area (TPSA) is 32.3 Å². The van der Waals surface area contributed by atoms with Gasteiger partial charge in [-0.15, -0.1) is 0 Å². The molecule has 0 aromatic heterocycles. The van der Waals surface area contributed by atoms with E-state index >= 15 is 0 Å². The first-order valence-corrected chi connectivity index (χ1v) is 12.3. The summed E-state index contributed by atoms with van der Waals surface area (Å²) in [7, 11) is 0. The van der Waals surface area contributed by atoms with Gasteiger partial charge in [0.05, 0.1) is 0 Å². The SMILES string of the molecule is O=C(NC1C[C@H]2CCC[C@H](C1)N2Cc1ccccc1)C12CC3CC(CC(C3)C1)C2. The standard InChI is InChI=1S/C26H36N2O/c29-25(26-14-19-9-20(15-26)11-21(10-19)16-26)27-22-12-23-7-4-8-24(13-22)28(23)17-18-5-2-1-3-6-18/h1-3,5-6,19-24H,4,7-17H2,(H,27,29)/t19?,20?,21?,23-,24-,26?/m1/s1. The van der Waals surface area contributed by atoms with E-state index in [0.29, 0.717) is 24.0 Å². The average Bonchev–Trinajstić information content (AvgIpc) is 2.68. The largest absolute Gasteiger partial charge is 0.353 e. The Hall–Kier alpha value is -1.35. The third-order valence-corrected chi connectivity index (χ3v) is 9.19. The second-order valence-corrected chi connectivity index (χ2v) is 11.2. The molecule has 4 saturated carbocycles. The number of hydrogen-bond acceptors (Lipinski definition) is 2. The van der Waals surface area contributed by atoms with Crippen LogP contribution in [0.1, 0.15) is 76.2 Å². The van der Waals surface area contributed by atoms with Crippen molar-refractivity contribution in [2.45, 2.75) is 95.3 Å². The molecular formula is C26H36N2O. The third-order valence-electron chi connectivity index (χ3n) is 9.19. The lowest BCUT2D eigenvalue weighted by Gasteiger charge is -2.56. The number of hydrogen-bond donors (Lipinski definition) is 1. The Labute approximate surface area is 175 Å². The number of carbonyl (C=O) groups is 1. The summed E-state index contributed by atoms with van der Waals surface area (Å²) in [5.74, 6) is 2.98. The second kappa shape index (κ2) is 7.11. The Kier molecular flexibility index (Phi) is 4.52. The van der Waals surface area contributed by atoms with E-state index in [0.717, 1.165) is 37.1 Å². The molecule has 6 fully saturated rings. The Bertz CT molecular complexity index is 710. The van der Waals surface area contributed by atoms with Gasteiger partial charge in [0, 0.05) is 30.1 Å². The molecule has 7 rings (SSSR count). The maximum absolute atomic E-state index is 13.5. The highest BCUT2D eigenvalue weighted by Crippen LogP contribution is 2.60. The lowest BCUT2D eigenvalue weighted by atomic mass is 9.49. The molecule has 0 spiro atoms. The van der Waals surface area contributed by atoms with Crippen LogP contribution in [0, 0.1) is 23.2 Å². The van der Waals surface area contributed by atoms with Crippen molar-refractivity contribution in [1.29, 1.82) is 0 Å². The molecule has 2 atom stereocenters. The van der Waals surface area contributed by atoms with Gasteiger partial charge in [-0.05, 0) is 87.5 Å². The van der Waals surface area contributed by atoms with Crippen LogP contribution in [-0.4, -0.2) is 28.9 Å². The summed E-state index contributed by atoms with van der Waals surface area (Å²) >= 11 is 0. The maximum Gasteiger partial charge on any atom is 0.226 e. The number of fused-ring (bicyclic) bond motifs is 2. The number of carbonyl (C=O) groups excluding carboxylic acids is 1. The van der Waals surface area contributed by atoms with Crippen LogP contribution in [0.3, 0.4) is 0 Å². The molecule has 1 aromatic carbocycles. The van der Waals surface area contributed by atoms with Crippen LogP contribution in [-0.2, 0) is 11.3 Å². The van der Waals surface area contributed by atoms with Crippen molar-refractivity contribution in [3.63, 3.8) is 0 Å². The van der Waals surface area contributed by atoms with Crippen LogP contribution < -0.4 is 5.32 Å². The van der Waals surface area contributed by atoms with E-state index < -0.39 is 0 Å². The van der Waals surface area contributed by atoms with Crippen molar-refractivity contribution in [2.75, 3.05) is 0 Å². The first kappa shape index (κ1) is 18.4. The minimum atomic E-state index is 0.00499. The first-order chi connectivity index (χ1) is 14.2. The van der Waals surface area contributed by atoms with Crippen LogP contribution in [0.4, 0.5) is 0 Å². The van der Waals surface area contributed by atoms with Gasteiger partial charge in [0.1, 0.15) is 0 Å². The molecule has 3 nitrogen and oxygen atoms in total. The van der Waals surface area contributed by atoms with Crippen molar-refractivity contribution < 1.29 is 4.79 Å². The van der Waals surface area contributed by atoms with Gasteiger partial charge in [-0.2, -0.15) is 0 Å². The lowest BCUT2D eigenvalue weighted by Crippen LogP contribution is -2.60. The zero-order valence-corrected chi connectivity index (χ0v) is 17.7. The zero-order chi connectivity index (χ0) is 19.4. The summed E-state index contributed by atoms with van der Waals surface area (Å²) in [6, 6.07) is 12.6. The Balaban J connectivity index is 1.13. The van der Waals surface area contributed by atoms with Crippen molar-refractivity contribution in [2.24, 2.45) is 23.2 Å². The third kappa shape index (κ3) is 3.34. The van der Waals surface area contributed by atoms with E-state index in [9.17, 15) is 4.79 Å². The van der Waals surface area contributed by atoms with E-state index in [1.807, 2.05) is 0 Å². The van der Waals surface area contributed by atoms with Gasteiger partial charge in [0.15, 0.2) is 0 Å². The normalized spacial score (nSPS) is 43.3. The quantitative estimate of drug-likeness (QED) is 0.790. The molecule has 4 aliphatic carbocycles. The molecule has 6 bridgehead atoms. The van der Waals surface area contributed by atoms with Crippen LogP contribution >= 0.6 is 0 Å². The Morgan fingerprint density at radius 1 is 0.897 bits per heavy atom. The van der Waals surface area contributed by atoms with Gasteiger partial charge in [-0.25, -0.2) is 0 Å². The Morgan fingerprint density at radius 3 is 2.07 bits per heavy atom. The van der Waals surface area contributed by atoms with Crippen molar-refractivity contribution in [1.82, 2.24) is 10.2 Å². The van der Waals surface area contributed by atoms with Gasteiger partial charge >= 0.3 is 0 Å². The van der Waals surface area contributed by atoms with E-state index in [1.54, 1.807) is 0 Å². The number of amides is 1. The van der Waals surface area contributed by atoms with Gasteiger partial charge in [-0.3, -0.25) is 9.69 Å². The molecular weight excluding hydrogens is 356 g/mol. The molecule has 2 aliphatic heterocycles. The van der Waals surface area contributed by atoms with E-state index in [2.05, 4.69) is 40.5 Å². The second-order valence-electron chi connectivity index (χ2n) is 11.2. The van der Waals surface area contributed by atoms with E-state index in [4.69, 9.17) is 0 Å². The van der Waals surface area contributed by atoms with Crippen LogP contribution in [0.5, 0.6) is 0 Å². The lowest BCUT2D eigenvalue weighted by molar-refractivity contribution is -0.147. The van der Waals surface area contributed by atoms with Gasteiger partial charge in [0.2, 0.25) is 5.91 Å². The van der Waals surface area contributed by atoms with E-state index in [1.165, 1.54) is 63.4 Å². The highest BCUT2D eigenvalue weighted by molar-refractivity contribution is 5.83. The van der Waals surface area contributed by atoms with Gasteiger partial charge in [0.25, 0.3) is 0 Å². The van der Waals surface area contributed by atoms with Crippen molar-refractivity contribution >= 4 is 5.91 Å². The number of piperidine rings is 2. The average molecular weight is 393 g/mol. The van der Waals surface area contributed by atoms with Crippen LogP contribution in [0.25, 0.3) is 0 Å². The van der Waals surface area contributed by atoms with Gasteiger partial charge < -0.3 is 5.32 Å². The molecule has 1 amide bonds. The summed E-state index contributed by atoms with van der Waals surface area (Å²) in [6.45, 7) is 1.08. The summed E-state index contributed by atoms with van der Waals surface area (Å²) in [4.78, 5) is 16.3. The zero-order valence-electron chi connectivity index (χ0n) is 17.7. The molecule has 3 heteroatoms.